The highest BCUT2D eigenvalue weighted by Crippen LogP contribution is 2.22. The van der Waals surface area contributed by atoms with E-state index >= 15 is 0 Å². The van der Waals surface area contributed by atoms with E-state index in [-0.39, 0.29) is 17.2 Å². The summed E-state index contributed by atoms with van der Waals surface area (Å²) in [6, 6.07) is 20.6. The van der Waals surface area contributed by atoms with Crippen LogP contribution >= 0.6 is 23.2 Å². The number of halogens is 2. The number of carbonyl (C=O) groups excluding carboxylic acids is 2. The third-order valence-electron chi connectivity index (χ3n) is 4.56. The van der Waals surface area contributed by atoms with Crippen LogP contribution in [0.25, 0.3) is 5.70 Å². The van der Waals surface area contributed by atoms with Gasteiger partial charge in [0.2, 0.25) is 0 Å². The molecule has 3 amide bonds. The number of benzene rings is 3. The van der Waals surface area contributed by atoms with Gasteiger partial charge in [0.15, 0.2) is 0 Å². The second-order valence-corrected chi connectivity index (χ2v) is 7.79. The zero-order chi connectivity index (χ0) is 23.6. The Balaban J connectivity index is 1.55. The van der Waals surface area contributed by atoms with Gasteiger partial charge in [0.05, 0.1) is 16.3 Å². The molecule has 3 aromatic carbocycles. The van der Waals surface area contributed by atoms with Gasteiger partial charge in [-0.2, -0.15) is 0 Å². The molecule has 3 N–H and O–H groups in total. The van der Waals surface area contributed by atoms with E-state index in [1.54, 1.807) is 36.4 Å². The first-order chi connectivity index (χ1) is 16.0. The maximum Gasteiger partial charge on any atom is 0.326 e. The molecule has 0 aromatic heterocycles. The Kier molecular flexibility index (Phi) is 8.89. The molecule has 170 valence electrons. The molecule has 0 atom stereocenters. The van der Waals surface area contributed by atoms with Crippen molar-refractivity contribution in [3.8, 4) is 0 Å². The summed E-state index contributed by atoms with van der Waals surface area (Å²) in [6.45, 7) is 2.26. The minimum Gasteiger partial charge on any atom is -0.308 e. The Labute approximate surface area is 202 Å². The molecule has 6 nitrogen and oxygen atoms in total. The smallest absolute Gasteiger partial charge is 0.308 e. The highest BCUT2D eigenvalue weighted by Gasteiger charge is 2.14. The summed E-state index contributed by atoms with van der Waals surface area (Å²) >= 11 is 12.3. The van der Waals surface area contributed by atoms with Crippen molar-refractivity contribution in [1.82, 2.24) is 10.8 Å². The summed E-state index contributed by atoms with van der Waals surface area (Å²) in [5, 5.41) is 5.48. The maximum atomic E-state index is 12.2. The van der Waals surface area contributed by atoms with Crippen molar-refractivity contribution < 1.29 is 14.4 Å². The van der Waals surface area contributed by atoms with Gasteiger partial charge in [0.25, 0.3) is 5.91 Å². The van der Waals surface area contributed by atoms with E-state index in [9.17, 15) is 9.59 Å². The molecule has 0 aliphatic rings. The Hall–Kier alpha value is -3.32. The lowest BCUT2D eigenvalue weighted by atomic mass is 10.1. The number of allylic oxidation sites excluding steroid dienone is 1. The quantitative estimate of drug-likeness (QED) is 0.322. The van der Waals surface area contributed by atoms with Gasteiger partial charge in [0.1, 0.15) is 6.61 Å². The number of anilines is 1. The van der Waals surface area contributed by atoms with Crippen molar-refractivity contribution in [2.45, 2.75) is 20.0 Å². The van der Waals surface area contributed by atoms with Crippen LogP contribution in [-0.4, -0.2) is 11.9 Å². The molecule has 8 heteroatoms. The van der Waals surface area contributed by atoms with Gasteiger partial charge in [0, 0.05) is 10.7 Å². The standard InChI is InChI=1S/C25H23Cl2N3O3/c1-2-8-23(17-9-4-3-5-10-17)30-33-16-18-13-14-19(15-22(18)27)28-25(32)29-24(31)20-11-6-7-12-21(20)26/h3-15,30H,2,16H2,1H3,(H2,28,29,31,32). The molecule has 3 rings (SSSR count). The SMILES string of the molecule is CCC=C(NOCc1ccc(NC(=O)NC(=O)c2ccccc2Cl)cc1Cl)c1ccccc1. The summed E-state index contributed by atoms with van der Waals surface area (Å²) in [5.74, 6) is -0.602. The van der Waals surface area contributed by atoms with Crippen molar-refractivity contribution >= 4 is 46.5 Å². The van der Waals surface area contributed by atoms with E-state index in [2.05, 4.69) is 16.1 Å². The monoisotopic (exact) mass is 483 g/mol. The zero-order valence-corrected chi connectivity index (χ0v) is 19.4. The van der Waals surface area contributed by atoms with Crippen LogP contribution in [0.5, 0.6) is 0 Å². The van der Waals surface area contributed by atoms with Gasteiger partial charge < -0.3 is 5.32 Å². The van der Waals surface area contributed by atoms with Crippen molar-refractivity contribution in [2.24, 2.45) is 0 Å². The summed E-state index contributed by atoms with van der Waals surface area (Å²) in [7, 11) is 0. The normalized spacial score (nSPS) is 11.1. The van der Waals surface area contributed by atoms with Crippen LogP contribution in [-0.2, 0) is 11.4 Å². The van der Waals surface area contributed by atoms with Crippen LogP contribution in [0.15, 0.2) is 78.9 Å². The topological polar surface area (TPSA) is 79.5 Å². The number of hydrogen-bond acceptors (Lipinski definition) is 4. The number of hydrogen-bond donors (Lipinski definition) is 3. The average Bonchev–Trinajstić information content (AvgIpc) is 2.80. The van der Waals surface area contributed by atoms with E-state index < -0.39 is 11.9 Å². The first-order valence-corrected chi connectivity index (χ1v) is 11.0. The number of carbonyl (C=O) groups is 2. The van der Waals surface area contributed by atoms with Gasteiger partial charge in [-0.05, 0) is 41.8 Å². The molecule has 0 spiro atoms. The fraction of sp³-hybridized carbons (Fsp3) is 0.120. The molecule has 0 saturated carbocycles. The Bertz CT molecular complexity index is 1150. The average molecular weight is 484 g/mol. The summed E-state index contributed by atoms with van der Waals surface area (Å²) in [4.78, 5) is 30.0. The Morgan fingerprint density at radius 2 is 1.67 bits per heavy atom. The first kappa shape index (κ1) is 24.3. The van der Waals surface area contributed by atoms with E-state index in [4.69, 9.17) is 28.0 Å². The van der Waals surface area contributed by atoms with Crippen LogP contribution in [0.2, 0.25) is 10.0 Å². The minimum absolute atomic E-state index is 0.208. The van der Waals surface area contributed by atoms with E-state index in [1.165, 1.54) is 6.07 Å². The van der Waals surface area contributed by atoms with Gasteiger partial charge in [-0.15, -0.1) is 0 Å². The third kappa shape index (κ3) is 7.08. The van der Waals surface area contributed by atoms with Crippen molar-refractivity contribution in [3.05, 3.63) is 106 Å². The van der Waals surface area contributed by atoms with Crippen molar-refractivity contribution in [3.63, 3.8) is 0 Å². The number of hydroxylamine groups is 1. The minimum atomic E-state index is -0.696. The fourth-order valence-electron chi connectivity index (χ4n) is 2.95. The molecule has 0 aliphatic heterocycles. The summed E-state index contributed by atoms with van der Waals surface area (Å²) in [5.41, 5.74) is 6.22. The highest BCUT2D eigenvalue weighted by atomic mass is 35.5. The van der Waals surface area contributed by atoms with Crippen LogP contribution in [0, 0.1) is 0 Å². The molecule has 0 heterocycles. The first-order valence-electron chi connectivity index (χ1n) is 10.3. The molecule has 0 aliphatic carbocycles. The largest absolute Gasteiger partial charge is 0.326 e. The van der Waals surface area contributed by atoms with Gasteiger partial charge >= 0.3 is 6.03 Å². The van der Waals surface area contributed by atoms with Crippen LogP contribution in [0.1, 0.15) is 34.8 Å². The molecule has 0 fully saturated rings. The van der Waals surface area contributed by atoms with E-state index in [0.29, 0.717) is 10.7 Å². The predicted octanol–water partition coefficient (Wildman–Crippen LogP) is 6.43. The molecule has 0 bridgehead atoms. The van der Waals surface area contributed by atoms with Crippen LogP contribution < -0.4 is 16.1 Å². The molecule has 33 heavy (non-hydrogen) atoms. The van der Waals surface area contributed by atoms with Gasteiger partial charge in [-0.3, -0.25) is 20.4 Å². The number of imide groups is 1. The molecule has 0 unspecified atom stereocenters. The number of rotatable bonds is 8. The lowest BCUT2D eigenvalue weighted by Gasteiger charge is -2.13. The van der Waals surface area contributed by atoms with Crippen molar-refractivity contribution in [2.75, 3.05) is 5.32 Å². The van der Waals surface area contributed by atoms with Gasteiger partial charge in [-0.1, -0.05) is 84.7 Å². The zero-order valence-electron chi connectivity index (χ0n) is 17.9. The fourth-order valence-corrected chi connectivity index (χ4v) is 3.41. The molecule has 0 radical (unpaired) electrons. The molecule has 0 saturated heterocycles. The number of nitrogens with one attached hydrogen (secondary N) is 3. The number of urea groups is 1. The van der Waals surface area contributed by atoms with Crippen LogP contribution in [0.3, 0.4) is 0 Å². The highest BCUT2D eigenvalue weighted by molar-refractivity contribution is 6.34. The Morgan fingerprint density at radius 3 is 2.36 bits per heavy atom. The lowest BCUT2D eigenvalue weighted by Crippen LogP contribution is -2.34. The number of amides is 3. The van der Waals surface area contributed by atoms with Crippen LogP contribution in [0.4, 0.5) is 10.5 Å². The van der Waals surface area contributed by atoms with Gasteiger partial charge in [-0.25, -0.2) is 4.79 Å². The molecular weight excluding hydrogens is 461 g/mol. The summed E-state index contributed by atoms with van der Waals surface area (Å²) < 4.78 is 0. The Morgan fingerprint density at radius 1 is 0.939 bits per heavy atom. The maximum absolute atomic E-state index is 12.2. The predicted molar refractivity (Wildman–Crippen MR) is 132 cm³/mol. The van der Waals surface area contributed by atoms with E-state index in [0.717, 1.165) is 23.2 Å². The van der Waals surface area contributed by atoms with Crippen molar-refractivity contribution in [1.29, 1.82) is 0 Å². The molecule has 3 aromatic rings. The van der Waals surface area contributed by atoms with E-state index in [1.807, 2.05) is 43.3 Å². The third-order valence-corrected chi connectivity index (χ3v) is 5.24. The second kappa shape index (κ2) is 12.1. The molecular formula is C25H23Cl2N3O3. The lowest BCUT2D eigenvalue weighted by molar-refractivity contribution is 0.0645. The summed E-state index contributed by atoms with van der Waals surface area (Å²) in [6.07, 6.45) is 2.88. The second-order valence-electron chi connectivity index (χ2n) is 6.98.